The lowest BCUT2D eigenvalue weighted by atomic mass is 9.99. The molecule has 0 amide bonds. The Morgan fingerprint density at radius 1 is 1.35 bits per heavy atom. The predicted octanol–water partition coefficient (Wildman–Crippen LogP) is 2.01. The van der Waals surface area contributed by atoms with E-state index >= 15 is 0 Å². The largest absolute Gasteiger partial charge is 0.353 e. The lowest BCUT2D eigenvalue weighted by molar-refractivity contribution is 0.428. The van der Waals surface area contributed by atoms with Gasteiger partial charge >= 0.3 is 0 Å². The molecule has 3 rings (SSSR count). The van der Waals surface area contributed by atoms with Crippen molar-refractivity contribution in [3.63, 3.8) is 0 Å². The summed E-state index contributed by atoms with van der Waals surface area (Å²) in [5.74, 6) is 1.19. The van der Waals surface area contributed by atoms with Crippen molar-refractivity contribution in [2.75, 3.05) is 25.0 Å². The molecule has 0 aliphatic carbocycles. The first kappa shape index (κ1) is 13.4. The number of nitrogens with one attached hydrogen (secondary N) is 1. The Morgan fingerprint density at radius 3 is 3.10 bits per heavy atom. The lowest BCUT2D eigenvalue weighted by Gasteiger charge is -2.37. The van der Waals surface area contributed by atoms with Gasteiger partial charge in [0.25, 0.3) is 0 Å². The quantitative estimate of drug-likeness (QED) is 0.925. The van der Waals surface area contributed by atoms with Crippen LogP contribution < -0.4 is 10.2 Å². The summed E-state index contributed by atoms with van der Waals surface area (Å²) >= 11 is 0. The Hall–Kier alpha value is -1.62. The fourth-order valence-corrected chi connectivity index (χ4v) is 3.15. The summed E-state index contributed by atoms with van der Waals surface area (Å²) in [4.78, 5) is 6.86. The van der Waals surface area contributed by atoms with E-state index in [1.54, 1.807) is 6.33 Å². The fourth-order valence-electron chi connectivity index (χ4n) is 3.15. The molecule has 1 unspecified atom stereocenters. The first-order valence-electron chi connectivity index (χ1n) is 7.51. The van der Waals surface area contributed by atoms with Gasteiger partial charge in [-0.15, -0.1) is 0 Å². The van der Waals surface area contributed by atoms with Gasteiger partial charge in [-0.1, -0.05) is 0 Å². The fraction of sp³-hybridized carbons (Fsp3) is 0.600. The van der Waals surface area contributed by atoms with E-state index in [2.05, 4.69) is 39.4 Å². The van der Waals surface area contributed by atoms with Crippen molar-refractivity contribution in [1.82, 2.24) is 19.9 Å². The van der Waals surface area contributed by atoms with Crippen molar-refractivity contribution in [3.8, 4) is 0 Å². The molecule has 1 aliphatic heterocycles. The van der Waals surface area contributed by atoms with Gasteiger partial charge in [0.05, 0.1) is 0 Å². The van der Waals surface area contributed by atoms with Crippen molar-refractivity contribution in [2.45, 2.75) is 38.6 Å². The molecule has 108 valence electrons. The zero-order valence-electron chi connectivity index (χ0n) is 12.3. The predicted molar refractivity (Wildman–Crippen MR) is 81.3 cm³/mol. The second kappa shape index (κ2) is 5.79. The van der Waals surface area contributed by atoms with Crippen LogP contribution in [0.25, 0.3) is 5.65 Å². The van der Waals surface area contributed by atoms with Gasteiger partial charge in [0.1, 0.15) is 12.1 Å². The highest BCUT2D eigenvalue weighted by atomic mass is 15.4. The van der Waals surface area contributed by atoms with Crippen LogP contribution in [0.2, 0.25) is 0 Å². The van der Waals surface area contributed by atoms with Crippen molar-refractivity contribution in [1.29, 1.82) is 0 Å². The van der Waals surface area contributed by atoms with E-state index in [1.807, 2.05) is 11.6 Å². The molecule has 0 spiro atoms. The number of nitrogens with zero attached hydrogens (tertiary/aromatic N) is 4. The van der Waals surface area contributed by atoms with Gasteiger partial charge in [-0.2, -0.15) is 9.61 Å². The Bertz CT molecular complexity index is 577. The molecule has 5 heteroatoms. The van der Waals surface area contributed by atoms with Crippen molar-refractivity contribution in [2.24, 2.45) is 0 Å². The average Bonchev–Trinajstić information content (AvgIpc) is 2.92. The number of piperidine rings is 1. The van der Waals surface area contributed by atoms with Crippen LogP contribution in [-0.4, -0.2) is 40.8 Å². The van der Waals surface area contributed by atoms with Crippen LogP contribution >= 0.6 is 0 Å². The Morgan fingerprint density at radius 2 is 2.25 bits per heavy atom. The minimum Gasteiger partial charge on any atom is -0.353 e. The van der Waals surface area contributed by atoms with Gasteiger partial charge in [-0.25, -0.2) is 4.98 Å². The second-order valence-electron chi connectivity index (χ2n) is 5.66. The van der Waals surface area contributed by atoms with Gasteiger partial charge in [0.2, 0.25) is 0 Å². The highest BCUT2D eigenvalue weighted by molar-refractivity contribution is 5.53. The first-order chi connectivity index (χ1) is 9.79. The van der Waals surface area contributed by atoms with E-state index < -0.39 is 0 Å². The summed E-state index contributed by atoms with van der Waals surface area (Å²) in [6.07, 6.45) is 6.69. The van der Waals surface area contributed by atoms with Gasteiger partial charge in [-0.05, 0) is 63.9 Å². The molecule has 0 bridgehead atoms. The van der Waals surface area contributed by atoms with E-state index in [1.165, 1.54) is 37.1 Å². The minimum absolute atomic E-state index is 0.602. The van der Waals surface area contributed by atoms with Crippen LogP contribution in [0, 0.1) is 6.92 Å². The second-order valence-corrected chi connectivity index (χ2v) is 5.66. The molecule has 1 N–H and O–H groups in total. The topological polar surface area (TPSA) is 45.5 Å². The number of aryl methyl sites for hydroxylation is 1. The summed E-state index contributed by atoms with van der Waals surface area (Å²) in [6.45, 7) is 4.31. The highest BCUT2D eigenvalue weighted by Crippen LogP contribution is 2.27. The Labute approximate surface area is 120 Å². The smallest absolute Gasteiger partial charge is 0.157 e. The number of pyridine rings is 1. The van der Waals surface area contributed by atoms with E-state index in [4.69, 9.17) is 0 Å². The maximum atomic E-state index is 4.40. The van der Waals surface area contributed by atoms with Gasteiger partial charge in [0.15, 0.2) is 5.65 Å². The first-order valence-corrected chi connectivity index (χ1v) is 7.51. The van der Waals surface area contributed by atoms with Gasteiger partial charge in [-0.3, -0.25) is 0 Å². The van der Waals surface area contributed by atoms with E-state index in [-0.39, 0.29) is 0 Å². The zero-order chi connectivity index (χ0) is 13.9. The molecule has 0 radical (unpaired) electrons. The SMILES string of the molecule is CNCCC1CCCCN1c1cc(C)cc2ncnn12. The maximum absolute atomic E-state index is 4.40. The van der Waals surface area contributed by atoms with E-state index in [9.17, 15) is 0 Å². The highest BCUT2D eigenvalue weighted by Gasteiger charge is 2.24. The van der Waals surface area contributed by atoms with Crippen LogP contribution in [0.4, 0.5) is 5.82 Å². The van der Waals surface area contributed by atoms with Crippen molar-refractivity contribution in [3.05, 3.63) is 24.0 Å². The van der Waals surface area contributed by atoms with E-state index in [0.29, 0.717) is 6.04 Å². The number of fused-ring (bicyclic) bond motifs is 1. The lowest BCUT2D eigenvalue weighted by Crippen LogP contribution is -2.42. The normalized spacial score (nSPS) is 19.7. The van der Waals surface area contributed by atoms with Crippen LogP contribution in [0.1, 0.15) is 31.2 Å². The third kappa shape index (κ3) is 2.50. The third-order valence-electron chi connectivity index (χ3n) is 4.15. The monoisotopic (exact) mass is 273 g/mol. The number of hydrogen-bond donors (Lipinski definition) is 1. The minimum atomic E-state index is 0.602. The number of rotatable bonds is 4. The molecule has 0 aromatic carbocycles. The molecule has 0 saturated carbocycles. The molecule has 1 fully saturated rings. The number of anilines is 1. The van der Waals surface area contributed by atoms with Crippen LogP contribution in [0.3, 0.4) is 0 Å². The number of hydrogen-bond acceptors (Lipinski definition) is 4. The summed E-state index contributed by atoms with van der Waals surface area (Å²) in [5, 5.41) is 7.67. The molecule has 5 nitrogen and oxygen atoms in total. The van der Waals surface area contributed by atoms with Gasteiger partial charge in [0, 0.05) is 12.6 Å². The molecule has 2 aromatic rings. The maximum Gasteiger partial charge on any atom is 0.157 e. The molecule has 1 saturated heterocycles. The molecule has 1 atom stereocenters. The van der Waals surface area contributed by atoms with Crippen LogP contribution in [0.5, 0.6) is 0 Å². The van der Waals surface area contributed by atoms with Crippen molar-refractivity contribution < 1.29 is 0 Å². The molecule has 20 heavy (non-hydrogen) atoms. The summed E-state index contributed by atoms with van der Waals surface area (Å²) < 4.78 is 1.98. The molecule has 3 heterocycles. The standard InChI is InChI=1S/C15H23N5/c1-12-9-14-17-11-18-20(14)15(10-12)19-8-4-3-5-13(19)6-7-16-2/h9-11,13,16H,3-8H2,1-2H3. The van der Waals surface area contributed by atoms with Gasteiger partial charge < -0.3 is 10.2 Å². The summed E-state index contributed by atoms with van der Waals surface area (Å²) in [6, 6.07) is 4.92. The summed E-state index contributed by atoms with van der Waals surface area (Å²) in [5.41, 5.74) is 2.19. The van der Waals surface area contributed by atoms with Crippen molar-refractivity contribution >= 4 is 11.5 Å². The molecule has 1 aliphatic rings. The Kier molecular flexibility index (Phi) is 3.87. The third-order valence-corrected chi connectivity index (χ3v) is 4.15. The average molecular weight is 273 g/mol. The molecular formula is C15H23N5. The Balaban J connectivity index is 1.96. The summed E-state index contributed by atoms with van der Waals surface area (Å²) in [7, 11) is 2.02. The zero-order valence-corrected chi connectivity index (χ0v) is 12.3. The van der Waals surface area contributed by atoms with Crippen LogP contribution in [-0.2, 0) is 0 Å². The van der Waals surface area contributed by atoms with E-state index in [0.717, 1.165) is 18.7 Å². The molecule has 2 aromatic heterocycles. The number of aromatic nitrogens is 3. The van der Waals surface area contributed by atoms with Crippen LogP contribution in [0.15, 0.2) is 18.5 Å². The molecular weight excluding hydrogens is 250 g/mol.